The van der Waals surface area contributed by atoms with Crippen LogP contribution >= 0.6 is 0 Å². The molecule has 3 atom stereocenters. The topological polar surface area (TPSA) is 58.9 Å². The molecule has 0 aromatic rings. The van der Waals surface area contributed by atoms with Gasteiger partial charge in [0.05, 0.1) is 0 Å². The zero-order valence-electron chi connectivity index (χ0n) is 8.69. The summed E-state index contributed by atoms with van der Waals surface area (Å²) in [6.07, 6.45) is 2.39. The summed E-state index contributed by atoms with van der Waals surface area (Å²) in [7, 11) is 0. The van der Waals surface area contributed by atoms with E-state index in [0.29, 0.717) is 13.0 Å². The molecule has 1 aliphatic heterocycles. The van der Waals surface area contributed by atoms with Crippen LogP contribution < -0.4 is 0 Å². The highest BCUT2D eigenvalue weighted by molar-refractivity contribution is 4.57. The van der Waals surface area contributed by atoms with Gasteiger partial charge in [-0.15, -0.1) is 0 Å². The van der Waals surface area contributed by atoms with Crippen molar-refractivity contribution in [3.63, 3.8) is 0 Å². The molecule has 84 valence electrons. The minimum atomic E-state index is -0.819. The second kappa shape index (κ2) is 6.35. The Balaban J connectivity index is 2.14. The Morgan fingerprint density at radius 1 is 1.50 bits per heavy atom. The summed E-state index contributed by atoms with van der Waals surface area (Å²) >= 11 is 0. The first-order valence-electron chi connectivity index (χ1n) is 5.28. The maximum absolute atomic E-state index is 9.49. The van der Waals surface area contributed by atoms with Gasteiger partial charge in [0, 0.05) is 19.6 Å². The fourth-order valence-electron chi connectivity index (χ4n) is 1.47. The lowest BCUT2D eigenvalue weighted by molar-refractivity contribution is -0.244. The molecule has 0 saturated carbocycles. The van der Waals surface area contributed by atoms with Gasteiger partial charge in [-0.1, -0.05) is 6.92 Å². The monoisotopic (exact) mass is 204 g/mol. The van der Waals surface area contributed by atoms with Crippen molar-refractivity contribution >= 4 is 0 Å². The van der Waals surface area contributed by atoms with Gasteiger partial charge in [-0.3, -0.25) is 0 Å². The van der Waals surface area contributed by atoms with Crippen LogP contribution in [-0.4, -0.2) is 36.0 Å². The fourth-order valence-corrected chi connectivity index (χ4v) is 1.47. The summed E-state index contributed by atoms with van der Waals surface area (Å²) in [5, 5.41) is 18.3. The van der Waals surface area contributed by atoms with Crippen molar-refractivity contribution in [3.8, 4) is 0 Å². The summed E-state index contributed by atoms with van der Waals surface area (Å²) in [4.78, 5) is 0. The molecule has 1 unspecified atom stereocenters. The van der Waals surface area contributed by atoms with Gasteiger partial charge in [-0.2, -0.15) is 0 Å². The number of ether oxygens (including phenoxy) is 2. The summed E-state index contributed by atoms with van der Waals surface area (Å²) in [6, 6.07) is 0. The number of rotatable bonds is 5. The summed E-state index contributed by atoms with van der Waals surface area (Å²) in [6.45, 7) is 2.66. The molecule has 1 saturated heterocycles. The van der Waals surface area contributed by atoms with Gasteiger partial charge < -0.3 is 19.7 Å². The van der Waals surface area contributed by atoms with Crippen LogP contribution in [0.1, 0.15) is 32.6 Å². The largest absolute Gasteiger partial charge is 0.396 e. The molecule has 0 aliphatic carbocycles. The van der Waals surface area contributed by atoms with Gasteiger partial charge in [-0.25, -0.2) is 0 Å². The van der Waals surface area contributed by atoms with Gasteiger partial charge >= 0.3 is 0 Å². The quantitative estimate of drug-likeness (QED) is 0.652. The van der Waals surface area contributed by atoms with Crippen LogP contribution in [0.3, 0.4) is 0 Å². The maximum Gasteiger partial charge on any atom is 0.160 e. The van der Waals surface area contributed by atoms with E-state index in [9.17, 15) is 5.11 Å². The van der Waals surface area contributed by atoms with E-state index in [2.05, 4.69) is 0 Å². The highest BCUT2D eigenvalue weighted by atomic mass is 16.7. The molecule has 0 aromatic carbocycles. The van der Waals surface area contributed by atoms with Crippen LogP contribution in [0, 0.1) is 5.92 Å². The van der Waals surface area contributed by atoms with Gasteiger partial charge in [0.2, 0.25) is 0 Å². The molecule has 1 heterocycles. The van der Waals surface area contributed by atoms with E-state index in [1.54, 1.807) is 0 Å². The third-order valence-electron chi connectivity index (χ3n) is 2.36. The molecule has 4 nitrogen and oxygen atoms in total. The lowest BCUT2D eigenvalue weighted by atomic mass is 10.1. The molecule has 0 aromatic heterocycles. The minimum absolute atomic E-state index is 0.0635. The second-order valence-electron chi connectivity index (χ2n) is 3.91. The van der Waals surface area contributed by atoms with Crippen molar-refractivity contribution in [2.75, 3.05) is 13.2 Å². The molecular formula is C10H20O4. The smallest absolute Gasteiger partial charge is 0.160 e. The van der Waals surface area contributed by atoms with Gasteiger partial charge in [0.15, 0.2) is 12.6 Å². The van der Waals surface area contributed by atoms with Crippen LogP contribution in [0.5, 0.6) is 0 Å². The first-order chi connectivity index (χ1) is 6.72. The van der Waals surface area contributed by atoms with E-state index < -0.39 is 6.29 Å². The molecule has 14 heavy (non-hydrogen) atoms. The third-order valence-corrected chi connectivity index (χ3v) is 2.36. The zero-order chi connectivity index (χ0) is 10.4. The Bertz CT molecular complexity index is 145. The molecule has 4 heteroatoms. The minimum Gasteiger partial charge on any atom is -0.396 e. The van der Waals surface area contributed by atoms with E-state index in [1.165, 1.54) is 0 Å². The number of hydrogen-bond acceptors (Lipinski definition) is 4. The predicted molar refractivity (Wildman–Crippen MR) is 51.5 cm³/mol. The molecule has 0 radical (unpaired) electrons. The summed E-state index contributed by atoms with van der Waals surface area (Å²) < 4.78 is 10.6. The Hall–Kier alpha value is -0.160. The average molecular weight is 204 g/mol. The molecule has 0 spiro atoms. The first kappa shape index (κ1) is 11.9. The van der Waals surface area contributed by atoms with Crippen LogP contribution in [0.2, 0.25) is 0 Å². The molecule has 1 rings (SSSR count). The molecule has 0 bridgehead atoms. The van der Waals surface area contributed by atoms with Crippen molar-refractivity contribution in [1.29, 1.82) is 0 Å². The summed E-state index contributed by atoms with van der Waals surface area (Å²) in [5.74, 6) is 0.0635. The normalized spacial score (nSPS) is 27.2. The van der Waals surface area contributed by atoms with Crippen LogP contribution in [0.15, 0.2) is 0 Å². The summed E-state index contributed by atoms with van der Waals surface area (Å²) in [5.41, 5.74) is 0. The van der Waals surface area contributed by atoms with E-state index in [-0.39, 0.29) is 18.8 Å². The molecule has 1 fully saturated rings. The molecular weight excluding hydrogens is 184 g/mol. The van der Waals surface area contributed by atoms with Crippen LogP contribution in [-0.2, 0) is 9.47 Å². The second-order valence-corrected chi connectivity index (χ2v) is 3.91. The van der Waals surface area contributed by atoms with E-state index >= 15 is 0 Å². The Labute approximate surface area is 84.8 Å². The van der Waals surface area contributed by atoms with Crippen molar-refractivity contribution in [1.82, 2.24) is 0 Å². The van der Waals surface area contributed by atoms with Crippen molar-refractivity contribution in [3.05, 3.63) is 0 Å². The van der Waals surface area contributed by atoms with E-state index in [4.69, 9.17) is 14.6 Å². The third kappa shape index (κ3) is 4.37. The SMILES string of the molecule is C[C@@H](CO)C[C@H](O)OC1CCCCO1. The number of hydrogen-bond donors (Lipinski definition) is 2. The first-order valence-corrected chi connectivity index (χ1v) is 5.28. The van der Waals surface area contributed by atoms with Crippen molar-refractivity contribution in [2.24, 2.45) is 5.92 Å². The number of aliphatic hydroxyl groups excluding tert-OH is 2. The van der Waals surface area contributed by atoms with Gasteiger partial charge in [-0.05, 0) is 25.2 Å². The van der Waals surface area contributed by atoms with E-state index in [1.807, 2.05) is 6.92 Å². The highest BCUT2D eigenvalue weighted by Crippen LogP contribution is 2.17. The van der Waals surface area contributed by atoms with Gasteiger partial charge in [0.1, 0.15) is 0 Å². The average Bonchev–Trinajstić information content (AvgIpc) is 2.19. The lowest BCUT2D eigenvalue weighted by Crippen LogP contribution is -2.29. The molecule has 1 aliphatic rings. The van der Waals surface area contributed by atoms with E-state index in [0.717, 1.165) is 19.3 Å². The predicted octanol–water partition coefficient (Wildman–Crippen LogP) is 0.866. The fraction of sp³-hybridized carbons (Fsp3) is 1.00. The zero-order valence-corrected chi connectivity index (χ0v) is 8.69. The maximum atomic E-state index is 9.49. The highest BCUT2D eigenvalue weighted by Gasteiger charge is 2.19. The molecule has 2 N–H and O–H groups in total. The van der Waals surface area contributed by atoms with Crippen molar-refractivity contribution < 1.29 is 19.7 Å². The Kier molecular flexibility index (Phi) is 5.40. The van der Waals surface area contributed by atoms with Crippen LogP contribution in [0.4, 0.5) is 0 Å². The standard InChI is InChI=1S/C10H20O4/c1-8(7-11)6-9(12)14-10-4-2-3-5-13-10/h8-12H,2-7H2,1H3/t8-,9-,10?/m1/s1. The Morgan fingerprint density at radius 2 is 2.29 bits per heavy atom. The Morgan fingerprint density at radius 3 is 2.86 bits per heavy atom. The van der Waals surface area contributed by atoms with Gasteiger partial charge in [0.25, 0.3) is 0 Å². The van der Waals surface area contributed by atoms with Crippen LogP contribution in [0.25, 0.3) is 0 Å². The molecule has 0 amide bonds. The van der Waals surface area contributed by atoms with Crippen molar-refractivity contribution in [2.45, 2.75) is 45.2 Å². The number of aliphatic hydroxyl groups is 2. The lowest BCUT2D eigenvalue weighted by Gasteiger charge is -2.26.